The molecule has 1 N–H and O–H groups in total. The zero-order valence-corrected chi connectivity index (χ0v) is 11.7. The first-order chi connectivity index (χ1) is 8.92. The summed E-state index contributed by atoms with van der Waals surface area (Å²) < 4.78 is 5.41. The average Bonchev–Trinajstić information content (AvgIpc) is 3.09. The lowest BCUT2D eigenvalue weighted by Gasteiger charge is -2.20. The molecule has 0 saturated carbocycles. The summed E-state index contributed by atoms with van der Waals surface area (Å²) in [6.45, 7) is 4.23. The van der Waals surface area contributed by atoms with Gasteiger partial charge in [0.05, 0.1) is 10.7 Å². The minimum Gasteiger partial charge on any atom is -0.381 e. The molecule has 0 aliphatic carbocycles. The fraction of sp³-hybridized carbons (Fsp3) is 0.786. The van der Waals surface area contributed by atoms with Crippen molar-refractivity contribution in [3.8, 4) is 0 Å². The molecule has 3 heterocycles. The lowest BCUT2D eigenvalue weighted by atomic mass is 9.97. The van der Waals surface area contributed by atoms with Crippen molar-refractivity contribution in [2.24, 2.45) is 5.92 Å². The molecule has 2 aliphatic rings. The summed E-state index contributed by atoms with van der Waals surface area (Å²) in [6, 6.07) is 0. The number of rotatable bonds is 4. The summed E-state index contributed by atoms with van der Waals surface area (Å²) in [4.78, 5) is 4.84. The average molecular weight is 266 g/mol. The Hall–Kier alpha value is -0.450. The number of hydrogen-bond donors (Lipinski definition) is 1. The van der Waals surface area contributed by atoms with Gasteiger partial charge >= 0.3 is 0 Å². The van der Waals surface area contributed by atoms with Gasteiger partial charge in [-0.1, -0.05) is 0 Å². The van der Waals surface area contributed by atoms with Crippen molar-refractivity contribution in [3.63, 3.8) is 0 Å². The highest BCUT2D eigenvalue weighted by atomic mass is 32.1. The molecule has 0 bridgehead atoms. The van der Waals surface area contributed by atoms with E-state index in [1.165, 1.54) is 43.1 Å². The molecule has 1 atom stereocenters. The van der Waals surface area contributed by atoms with Gasteiger partial charge in [0, 0.05) is 24.5 Å². The molecule has 3 rings (SSSR count). The maximum Gasteiger partial charge on any atom is 0.0928 e. The summed E-state index contributed by atoms with van der Waals surface area (Å²) in [7, 11) is 0. The van der Waals surface area contributed by atoms with Crippen LogP contribution in [0.2, 0.25) is 0 Å². The van der Waals surface area contributed by atoms with E-state index in [9.17, 15) is 0 Å². The summed E-state index contributed by atoms with van der Waals surface area (Å²) >= 11 is 1.85. The SMILES string of the molecule is c1sc(CCC2CCNC2)nc1C1CCOCC1. The Balaban J connectivity index is 1.52. The van der Waals surface area contributed by atoms with Gasteiger partial charge in [-0.2, -0.15) is 0 Å². The van der Waals surface area contributed by atoms with Crippen LogP contribution in [-0.4, -0.2) is 31.3 Å². The highest BCUT2D eigenvalue weighted by Gasteiger charge is 2.19. The molecule has 100 valence electrons. The summed E-state index contributed by atoms with van der Waals surface area (Å²) in [5.41, 5.74) is 1.32. The molecule has 18 heavy (non-hydrogen) atoms. The molecule has 2 saturated heterocycles. The van der Waals surface area contributed by atoms with Crippen molar-refractivity contribution >= 4 is 11.3 Å². The van der Waals surface area contributed by atoms with Gasteiger partial charge in [0.15, 0.2) is 0 Å². The molecule has 1 unspecified atom stereocenters. The lowest BCUT2D eigenvalue weighted by Crippen LogP contribution is -2.14. The van der Waals surface area contributed by atoms with E-state index in [4.69, 9.17) is 9.72 Å². The largest absolute Gasteiger partial charge is 0.381 e. The summed E-state index contributed by atoms with van der Waals surface area (Å²) in [5.74, 6) is 1.53. The van der Waals surface area contributed by atoms with Crippen LogP contribution in [0.25, 0.3) is 0 Å². The highest BCUT2D eigenvalue weighted by molar-refractivity contribution is 7.09. The van der Waals surface area contributed by atoms with Gasteiger partial charge in [-0.25, -0.2) is 4.98 Å². The molecule has 3 nitrogen and oxygen atoms in total. The molecule has 4 heteroatoms. The van der Waals surface area contributed by atoms with E-state index < -0.39 is 0 Å². The Bertz CT molecular complexity index is 368. The fourth-order valence-corrected chi connectivity index (χ4v) is 3.80. The minimum atomic E-state index is 0.650. The zero-order chi connectivity index (χ0) is 12.2. The number of hydrogen-bond acceptors (Lipinski definition) is 4. The van der Waals surface area contributed by atoms with Crippen LogP contribution in [0.5, 0.6) is 0 Å². The second kappa shape index (κ2) is 6.13. The van der Waals surface area contributed by atoms with E-state index in [0.717, 1.165) is 32.0 Å². The van der Waals surface area contributed by atoms with Crippen molar-refractivity contribution in [2.75, 3.05) is 26.3 Å². The monoisotopic (exact) mass is 266 g/mol. The van der Waals surface area contributed by atoms with Gasteiger partial charge in [0.2, 0.25) is 0 Å². The first kappa shape index (κ1) is 12.6. The second-order valence-corrected chi connectivity index (χ2v) is 6.39. The third-order valence-corrected chi connectivity index (χ3v) is 5.06. The van der Waals surface area contributed by atoms with E-state index in [2.05, 4.69) is 10.7 Å². The topological polar surface area (TPSA) is 34.2 Å². The maximum atomic E-state index is 5.41. The molecule has 0 amide bonds. The Labute approximate surface area is 113 Å². The molecule has 2 fully saturated rings. The van der Waals surface area contributed by atoms with Crippen LogP contribution < -0.4 is 5.32 Å². The third-order valence-electron chi connectivity index (χ3n) is 4.14. The van der Waals surface area contributed by atoms with Gasteiger partial charge in [0.25, 0.3) is 0 Å². The van der Waals surface area contributed by atoms with E-state index in [1.807, 2.05) is 11.3 Å². The maximum absolute atomic E-state index is 5.41. The lowest BCUT2D eigenvalue weighted by molar-refractivity contribution is 0.0846. The molecule has 2 aliphatic heterocycles. The first-order valence-corrected chi connectivity index (χ1v) is 8.02. The number of ether oxygens (including phenoxy) is 1. The standard InChI is InChI=1S/C14H22N2OS/c1(11-3-6-15-9-11)2-14-16-13(10-18-14)12-4-7-17-8-5-12/h10-12,15H,1-9H2. The third kappa shape index (κ3) is 3.11. The van der Waals surface area contributed by atoms with Gasteiger partial charge in [-0.05, 0) is 51.1 Å². The van der Waals surface area contributed by atoms with Crippen LogP contribution in [0.1, 0.15) is 42.3 Å². The van der Waals surface area contributed by atoms with Gasteiger partial charge in [0.1, 0.15) is 0 Å². The van der Waals surface area contributed by atoms with Crippen LogP contribution in [0.3, 0.4) is 0 Å². The Morgan fingerprint density at radius 2 is 2.22 bits per heavy atom. The first-order valence-electron chi connectivity index (χ1n) is 7.14. The number of thiazole rings is 1. The molecule has 0 spiro atoms. The van der Waals surface area contributed by atoms with E-state index in [1.54, 1.807) is 0 Å². The molecule has 0 aromatic carbocycles. The summed E-state index contributed by atoms with van der Waals surface area (Å²) in [6.07, 6.45) is 6.11. The number of aromatic nitrogens is 1. The number of nitrogens with one attached hydrogen (secondary N) is 1. The van der Waals surface area contributed by atoms with E-state index in [0.29, 0.717) is 5.92 Å². The van der Waals surface area contributed by atoms with Crippen LogP contribution in [0.4, 0.5) is 0 Å². The summed E-state index contributed by atoms with van der Waals surface area (Å²) in [5, 5.41) is 7.05. The van der Waals surface area contributed by atoms with Gasteiger partial charge in [-0.3, -0.25) is 0 Å². The molecular formula is C14H22N2OS. The molecule has 1 aromatic heterocycles. The van der Waals surface area contributed by atoms with Crippen molar-refractivity contribution in [3.05, 3.63) is 16.1 Å². The van der Waals surface area contributed by atoms with Crippen LogP contribution >= 0.6 is 11.3 Å². The highest BCUT2D eigenvalue weighted by Crippen LogP contribution is 2.28. The number of aryl methyl sites for hydroxylation is 1. The molecule has 1 aromatic rings. The predicted molar refractivity (Wildman–Crippen MR) is 74.2 cm³/mol. The minimum absolute atomic E-state index is 0.650. The van der Waals surface area contributed by atoms with Crippen LogP contribution in [0.15, 0.2) is 5.38 Å². The Morgan fingerprint density at radius 3 is 3.00 bits per heavy atom. The predicted octanol–water partition coefficient (Wildman–Crippen LogP) is 2.58. The second-order valence-electron chi connectivity index (χ2n) is 5.45. The van der Waals surface area contributed by atoms with Gasteiger partial charge < -0.3 is 10.1 Å². The van der Waals surface area contributed by atoms with Crippen molar-refractivity contribution in [2.45, 2.75) is 38.0 Å². The quantitative estimate of drug-likeness (QED) is 0.909. The fourth-order valence-electron chi connectivity index (χ4n) is 2.91. The van der Waals surface area contributed by atoms with Crippen molar-refractivity contribution in [1.29, 1.82) is 0 Å². The van der Waals surface area contributed by atoms with Crippen LogP contribution in [0, 0.1) is 5.92 Å². The molecule has 0 radical (unpaired) electrons. The van der Waals surface area contributed by atoms with Crippen LogP contribution in [-0.2, 0) is 11.2 Å². The van der Waals surface area contributed by atoms with E-state index >= 15 is 0 Å². The van der Waals surface area contributed by atoms with Crippen molar-refractivity contribution < 1.29 is 4.74 Å². The normalized spacial score (nSPS) is 25.7. The van der Waals surface area contributed by atoms with Gasteiger partial charge in [-0.15, -0.1) is 11.3 Å². The Kier molecular flexibility index (Phi) is 4.28. The van der Waals surface area contributed by atoms with E-state index in [-0.39, 0.29) is 0 Å². The number of nitrogens with zero attached hydrogens (tertiary/aromatic N) is 1. The molecular weight excluding hydrogens is 244 g/mol. The Morgan fingerprint density at radius 1 is 1.33 bits per heavy atom. The zero-order valence-electron chi connectivity index (χ0n) is 10.9. The smallest absolute Gasteiger partial charge is 0.0928 e. The van der Waals surface area contributed by atoms with Crippen molar-refractivity contribution in [1.82, 2.24) is 10.3 Å².